The zero-order valence-electron chi connectivity index (χ0n) is 14.3. The number of nitrogens with two attached hydrogens (primary N) is 1. The molecule has 0 fully saturated rings. The molecule has 1 unspecified atom stereocenters. The van der Waals surface area contributed by atoms with Crippen LogP contribution in [-0.4, -0.2) is 25.1 Å². The van der Waals surface area contributed by atoms with E-state index in [0.717, 1.165) is 0 Å². The number of nitrogens with one attached hydrogen (secondary N) is 1. The standard InChI is InChI=1S/C18H17N3O5/c1-3-24-18(23)15-9(2)26-17(20)11(7-19)16(15)10-4-5-13-12(6-10)21-14(22)8-25-13/h4-6,16H,3,8,20H2,1-2H3,(H,21,22). The number of nitrogens with zero attached hydrogens (tertiary/aromatic N) is 1. The number of carbonyl (C=O) groups excluding carboxylic acids is 2. The van der Waals surface area contributed by atoms with E-state index >= 15 is 0 Å². The molecule has 3 rings (SSSR count). The number of ether oxygens (including phenoxy) is 3. The van der Waals surface area contributed by atoms with Gasteiger partial charge >= 0.3 is 5.97 Å². The minimum Gasteiger partial charge on any atom is -0.482 e. The van der Waals surface area contributed by atoms with Crippen molar-refractivity contribution in [2.45, 2.75) is 19.8 Å². The lowest BCUT2D eigenvalue weighted by Gasteiger charge is -2.28. The molecule has 1 aromatic rings. The molecular formula is C18H17N3O5. The van der Waals surface area contributed by atoms with Crippen LogP contribution in [0.25, 0.3) is 0 Å². The zero-order valence-corrected chi connectivity index (χ0v) is 14.3. The summed E-state index contributed by atoms with van der Waals surface area (Å²) in [6.45, 7) is 3.39. The summed E-state index contributed by atoms with van der Waals surface area (Å²) in [7, 11) is 0. The first-order valence-corrected chi connectivity index (χ1v) is 7.98. The second-order valence-corrected chi connectivity index (χ2v) is 5.71. The van der Waals surface area contributed by atoms with Crippen LogP contribution in [0.15, 0.2) is 41.0 Å². The summed E-state index contributed by atoms with van der Waals surface area (Å²) in [4.78, 5) is 24.0. The zero-order chi connectivity index (χ0) is 18.8. The van der Waals surface area contributed by atoms with Gasteiger partial charge in [-0.05, 0) is 31.5 Å². The predicted molar refractivity (Wildman–Crippen MR) is 90.6 cm³/mol. The summed E-state index contributed by atoms with van der Waals surface area (Å²) in [5.41, 5.74) is 7.20. The number of hydrogen-bond acceptors (Lipinski definition) is 7. The molecule has 8 nitrogen and oxygen atoms in total. The lowest BCUT2D eigenvalue weighted by atomic mass is 9.83. The number of nitriles is 1. The van der Waals surface area contributed by atoms with Crippen LogP contribution in [-0.2, 0) is 19.1 Å². The van der Waals surface area contributed by atoms with Crippen molar-refractivity contribution in [1.29, 1.82) is 5.26 Å². The van der Waals surface area contributed by atoms with E-state index in [1.165, 1.54) is 0 Å². The Bertz CT molecular complexity index is 895. The van der Waals surface area contributed by atoms with Crippen LogP contribution in [0, 0.1) is 11.3 Å². The Morgan fingerprint density at radius 3 is 2.96 bits per heavy atom. The summed E-state index contributed by atoms with van der Waals surface area (Å²) >= 11 is 0. The quantitative estimate of drug-likeness (QED) is 0.790. The van der Waals surface area contributed by atoms with E-state index in [0.29, 0.717) is 17.0 Å². The van der Waals surface area contributed by atoms with Crippen LogP contribution in [0.5, 0.6) is 5.75 Å². The number of benzene rings is 1. The van der Waals surface area contributed by atoms with Gasteiger partial charge in [0.25, 0.3) is 5.91 Å². The maximum atomic E-state index is 12.5. The van der Waals surface area contributed by atoms with Crippen molar-refractivity contribution in [1.82, 2.24) is 0 Å². The average molecular weight is 355 g/mol. The third-order valence-corrected chi connectivity index (χ3v) is 4.07. The molecule has 2 heterocycles. The number of amides is 1. The van der Waals surface area contributed by atoms with Gasteiger partial charge in [-0.25, -0.2) is 4.79 Å². The third kappa shape index (κ3) is 2.95. The SMILES string of the molecule is CCOC(=O)C1=C(C)OC(N)=C(C#N)C1c1ccc2c(c1)NC(=O)CO2. The molecule has 2 aliphatic heterocycles. The number of fused-ring (bicyclic) bond motifs is 1. The van der Waals surface area contributed by atoms with Crippen LogP contribution in [0.3, 0.4) is 0 Å². The summed E-state index contributed by atoms with van der Waals surface area (Å²) in [6.07, 6.45) is 0. The van der Waals surface area contributed by atoms with Crippen LogP contribution < -0.4 is 15.8 Å². The molecule has 3 N–H and O–H groups in total. The van der Waals surface area contributed by atoms with Crippen molar-refractivity contribution in [3.63, 3.8) is 0 Å². The van der Waals surface area contributed by atoms with Crippen molar-refractivity contribution >= 4 is 17.6 Å². The Hall–Kier alpha value is -3.47. The van der Waals surface area contributed by atoms with Crippen molar-refractivity contribution in [2.24, 2.45) is 5.73 Å². The third-order valence-electron chi connectivity index (χ3n) is 4.07. The normalized spacial score (nSPS) is 19.0. The maximum Gasteiger partial charge on any atom is 0.338 e. The highest BCUT2D eigenvalue weighted by atomic mass is 16.5. The minimum absolute atomic E-state index is 0.0625. The second-order valence-electron chi connectivity index (χ2n) is 5.71. The number of carbonyl (C=O) groups is 2. The molecule has 134 valence electrons. The maximum absolute atomic E-state index is 12.5. The lowest BCUT2D eigenvalue weighted by molar-refractivity contribution is -0.139. The molecule has 0 aromatic heterocycles. The molecule has 8 heteroatoms. The smallest absolute Gasteiger partial charge is 0.338 e. The van der Waals surface area contributed by atoms with Crippen LogP contribution in [0.2, 0.25) is 0 Å². The molecule has 0 radical (unpaired) electrons. The largest absolute Gasteiger partial charge is 0.482 e. The fraction of sp³-hybridized carbons (Fsp3) is 0.278. The molecule has 0 saturated heterocycles. The first kappa shape index (κ1) is 17.4. The highest BCUT2D eigenvalue weighted by molar-refractivity contribution is 5.96. The van der Waals surface area contributed by atoms with Crippen molar-refractivity contribution in [3.05, 3.63) is 46.6 Å². The van der Waals surface area contributed by atoms with Crippen molar-refractivity contribution in [2.75, 3.05) is 18.5 Å². The first-order chi connectivity index (χ1) is 12.5. The van der Waals surface area contributed by atoms with Crippen LogP contribution >= 0.6 is 0 Å². The van der Waals surface area contributed by atoms with Gasteiger partial charge in [0.1, 0.15) is 23.2 Å². The highest BCUT2D eigenvalue weighted by Gasteiger charge is 2.36. The van der Waals surface area contributed by atoms with Gasteiger partial charge in [0.05, 0.1) is 23.8 Å². The van der Waals surface area contributed by atoms with Crippen molar-refractivity contribution < 1.29 is 23.8 Å². The summed E-state index contributed by atoms with van der Waals surface area (Å²) < 4.78 is 15.8. The molecule has 0 aliphatic carbocycles. The minimum atomic E-state index is -0.767. The number of esters is 1. The Balaban J connectivity index is 2.13. The summed E-state index contributed by atoms with van der Waals surface area (Å²) in [5, 5.41) is 12.3. The predicted octanol–water partition coefficient (Wildman–Crippen LogP) is 1.66. The Morgan fingerprint density at radius 1 is 1.50 bits per heavy atom. The lowest BCUT2D eigenvalue weighted by Crippen LogP contribution is -2.27. The topological polar surface area (TPSA) is 124 Å². The van der Waals surface area contributed by atoms with Gasteiger partial charge in [0, 0.05) is 0 Å². The number of anilines is 1. The molecule has 2 aliphatic rings. The Morgan fingerprint density at radius 2 is 2.27 bits per heavy atom. The van der Waals surface area contributed by atoms with Crippen LogP contribution in [0.1, 0.15) is 25.3 Å². The van der Waals surface area contributed by atoms with Gasteiger partial charge in [-0.2, -0.15) is 5.26 Å². The van der Waals surface area contributed by atoms with E-state index in [9.17, 15) is 14.9 Å². The summed E-state index contributed by atoms with van der Waals surface area (Å²) in [6, 6.07) is 7.04. The van der Waals surface area contributed by atoms with Gasteiger partial charge in [0.15, 0.2) is 6.61 Å². The fourth-order valence-electron chi connectivity index (χ4n) is 2.97. The molecule has 1 atom stereocenters. The number of allylic oxidation sites excluding steroid dienone is 2. The average Bonchev–Trinajstić information content (AvgIpc) is 2.60. The molecule has 1 aromatic carbocycles. The highest BCUT2D eigenvalue weighted by Crippen LogP contribution is 2.42. The monoisotopic (exact) mass is 355 g/mol. The van der Waals surface area contributed by atoms with Crippen molar-refractivity contribution in [3.8, 4) is 11.8 Å². The van der Waals surface area contributed by atoms with Gasteiger partial charge in [-0.1, -0.05) is 6.07 Å². The van der Waals surface area contributed by atoms with E-state index in [1.807, 2.05) is 6.07 Å². The van der Waals surface area contributed by atoms with E-state index in [-0.39, 0.29) is 41.9 Å². The summed E-state index contributed by atoms with van der Waals surface area (Å²) in [5.74, 6) is -0.932. The molecule has 1 amide bonds. The Kier molecular flexibility index (Phi) is 4.54. The van der Waals surface area contributed by atoms with E-state index in [4.69, 9.17) is 19.9 Å². The Labute approximate surface area is 149 Å². The molecule has 26 heavy (non-hydrogen) atoms. The molecular weight excluding hydrogens is 338 g/mol. The fourth-order valence-corrected chi connectivity index (χ4v) is 2.97. The number of rotatable bonds is 3. The molecule has 0 spiro atoms. The van der Waals surface area contributed by atoms with Gasteiger partial charge in [-0.15, -0.1) is 0 Å². The molecule has 0 bridgehead atoms. The molecule has 0 saturated carbocycles. The van der Waals surface area contributed by atoms with E-state index in [2.05, 4.69) is 5.32 Å². The first-order valence-electron chi connectivity index (χ1n) is 7.98. The van der Waals surface area contributed by atoms with Gasteiger partial charge < -0.3 is 25.3 Å². The van der Waals surface area contributed by atoms with Gasteiger partial charge in [0.2, 0.25) is 5.88 Å². The van der Waals surface area contributed by atoms with Crippen LogP contribution in [0.4, 0.5) is 5.69 Å². The second kappa shape index (κ2) is 6.80. The number of hydrogen-bond donors (Lipinski definition) is 2. The van der Waals surface area contributed by atoms with E-state index in [1.54, 1.807) is 32.0 Å². The van der Waals surface area contributed by atoms with Gasteiger partial charge in [-0.3, -0.25) is 4.79 Å². The van der Waals surface area contributed by atoms with E-state index < -0.39 is 11.9 Å².